The van der Waals surface area contributed by atoms with Gasteiger partial charge in [-0.1, -0.05) is 54.6 Å². The standard InChI is InChI=1S/C24H25N3O3/c1-30-23-13-9-21(10-14-23)24-25(17-19-5-3-2-4-6-19)15-16-26(24)18-20-7-11-22(12-8-20)27(28)29/h2-14,24H,15-18H2,1H3. The van der Waals surface area contributed by atoms with E-state index in [9.17, 15) is 10.1 Å². The zero-order chi connectivity index (χ0) is 20.9. The van der Waals surface area contributed by atoms with E-state index in [1.165, 1.54) is 11.1 Å². The third kappa shape index (κ3) is 4.50. The van der Waals surface area contributed by atoms with Crippen molar-refractivity contribution in [2.75, 3.05) is 20.2 Å². The Bertz CT molecular complexity index is 975. The smallest absolute Gasteiger partial charge is 0.269 e. The van der Waals surface area contributed by atoms with Gasteiger partial charge in [0.25, 0.3) is 5.69 Å². The molecular weight excluding hydrogens is 378 g/mol. The van der Waals surface area contributed by atoms with Gasteiger partial charge in [-0.3, -0.25) is 19.9 Å². The van der Waals surface area contributed by atoms with Gasteiger partial charge in [-0.05, 0) is 28.8 Å². The highest BCUT2D eigenvalue weighted by Crippen LogP contribution is 2.33. The second-order valence-electron chi connectivity index (χ2n) is 7.50. The largest absolute Gasteiger partial charge is 0.497 e. The van der Waals surface area contributed by atoms with Gasteiger partial charge in [0.15, 0.2) is 0 Å². The molecule has 1 fully saturated rings. The average Bonchev–Trinajstić information content (AvgIpc) is 3.16. The summed E-state index contributed by atoms with van der Waals surface area (Å²) in [4.78, 5) is 15.5. The van der Waals surface area contributed by atoms with Crippen LogP contribution in [0.4, 0.5) is 5.69 Å². The predicted octanol–water partition coefficient (Wildman–Crippen LogP) is 4.62. The summed E-state index contributed by atoms with van der Waals surface area (Å²) < 4.78 is 5.33. The van der Waals surface area contributed by atoms with E-state index in [1.54, 1.807) is 19.2 Å². The van der Waals surface area contributed by atoms with E-state index in [4.69, 9.17) is 4.74 Å². The second kappa shape index (κ2) is 9.07. The first-order valence-corrected chi connectivity index (χ1v) is 10.0. The van der Waals surface area contributed by atoms with Gasteiger partial charge in [0.1, 0.15) is 5.75 Å². The van der Waals surface area contributed by atoms with Crippen LogP contribution in [0.2, 0.25) is 0 Å². The van der Waals surface area contributed by atoms with E-state index in [-0.39, 0.29) is 16.8 Å². The van der Waals surface area contributed by atoms with Gasteiger partial charge in [-0.2, -0.15) is 0 Å². The molecule has 1 saturated heterocycles. The number of nitro groups is 1. The Morgan fingerprint density at radius 2 is 1.43 bits per heavy atom. The molecule has 1 atom stereocenters. The summed E-state index contributed by atoms with van der Waals surface area (Å²) >= 11 is 0. The molecule has 0 bridgehead atoms. The molecule has 0 radical (unpaired) electrons. The Balaban J connectivity index is 1.58. The minimum atomic E-state index is -0.360. The lowest BCUT2D eigenvalue weighted by atomic mass is 10.1. The number of non-ortho nitro benzene ring substituents is 1. The fourth-order valence-corrected chi connectivity index (χ4v) is 4.04. The van der Waals surface area contributed by atoms with Crippen LogP contribution in [0.25, 0.3) is 0 Å². The molecule has 4 rings (SSSR count). The van der Waals surface area contributed by atoms with Crippen molar-refractivity contribution in [3.05, 3.63) is 106 Å². The van der Waals surface area contributed by atoms with Crippen LogP contribution in [0.3, 0.4) is 0 Å². The number of hydrogen-bond donors (Lipinski definition) is 0. The highest BCUT2D eigenvalue weighted by molar-refractivity contribution is 5.33. The van der Waals surface area contributed by atoms with Crippen molar-refractivity contribution >= 4 is 5.69 Å². The summed E-state index contributed by atoms with van der Waals surface area (Å²) in [7, 11) is 1.67. The maximum atomic E-state index is 10.9. The normalized spacial score (nSPS) is 17.2. The summed E-state index contributed by atoms with van der Waals surface area (Å²) in [5.41, 5.74) is 3.69. The third-order valence-electron chi connectivity index (χ3n) is 5.54. The third-order valence-corrected chi connectivity index (χ3v) is 5.54. The zero-order valence-corrected chi connectivity index (χ0v) is 17.0. The van der Waals surface area contributed by atoms with Crippen molar-refractivity contribution in [2.45, 2.75) is 19.3 Å². The minimum absolute atomic E-state index is 0.123. The molecular formula is C24H25N3O3. The lowest BCUT2D eigenvalue weighted by Gasteiger charge is -2.31. The van der Waals surface area contributed by atoms with Crippen molar-refractivity contribution in [3.8, 4) is 5.75 Å². The lowest BCUT2D eigenvalue weighted by Crippen LogP contribution is -2.30. The molecule has 0 aromatic heterocycles. The Morgan fingerprint density at radius 3 is 1.97 bits per heavy atom. The van der Waals surface area contributed by atoms with Crippen LogP contribution in [-0.2, 0) is 13.1 Å². The van der Waals surface area contributed by atoms with E-state index in [0.717, 1.165) is 37.5 Å². The van der Waals surface area contributed by atoms with E-state index >= 15 is 0 Å². The van der Waals surface area contributed by atoms with E-state index in [0.29, 0.717) is 0 Å². The van der Waals surface area contributed by atoms with Crippen molar-refractivity contribution in [1.29, 1.82) is 0 Å². The van der Waals surface area contributed by atoms with E-state index < -0.39 is 0 Å². The molecule has 6 heteroatoms. The Labute approximate surface area is 176 Å². The molecule has 0 spiro atoms. The molecule has 30 heavy (non-hydrogen) atoms. The second-order valence-corrected chi connectivity index (χ2v) is 7.50. The first-order valence-electron chi connectivity index (χ1n) is 10.0. The van der Waals surface area contributed by atoms with Gasteiger partial charge in [0, 0.05) is 38.3 Å². The summed E-state index contributed by atoms with van der Waals surface area (Å²) in [6, 6.07) is 25.6. The Morgan fingerprint density at radius 1 is 0.867 bits per heavy atom. The number of methoxy groups -OCH3 is 1. The van der Waals surface area contributed by atoms with Gasteiger partial charge in [0.05, 0.1) is 18.2 Å². The van der Waals surface area contributed by atoms with Crippen molar-refractivity contribution in [1.82, 2.24) is 9.80 Å². The van der Waals surface area contributed by atoms with Crippen LogP contribution in [0.5, 0.6) is 5.75 Å². The first kappa shape index (κ1) is 20.1. The van der Waals surface area contributed by atoms with Gasteiger partial charge < -0.3 is 4.74 Å². The van der Waals surface area contributed by atoms with Gasteiger partial charge in [0.2, 0.25) is 0 Å². The van der Waals surface area contributed by atoms with Crippen LogP contribution < -0.4 is 4.74 Å². The van der Waals surface area contributed by atoms with Crippen LogP contribution >= 0.6 is 0 Å². The molecule has 1 aliphatic rings. The maximum absolute atomic E-state index is 10.9. The van der Waals surface area contributed by atoms with Crippen molar-refractivity contribution in [3.63, 3.8) is 0 Å². The van der Waals surface area contributed by atoms with E-state index in [1.807, 2.05) is 30.3 Å². The molecule has 1 heterocycles. The number of rotatable bonds is 7. The number of nitro benzene ring substituents is 1. The van der Waals surface area contributed by atoms with Gasteiger partial charge >= 0.3 is 0 Å². The summed E-state index contributed by atoms with van der Waals surface area (Å²) in [6.07, 6.45) is 0.131. The van der Waals surface area contributed by atoms with E-state index in [2.05, 4.69) is 46.2 Å². The topological polar surface area (TPSA) is 58.8 Å². The molecule has 0 N–H and O–H groups in total. The lowest BCUT2D eigenvalue weighted by molar-refractivity contribution is -0.384. The number of nitrogens with zero attached hydrogens (tertiary/aromatic N) is 3. The SMILES string of the molecule is COc1ccc(C2N(Cc3ccccc3)CCN2Cc2ccc([N+](=O)[O-])cc2)cc1. The summed E-state index contributed by atoms with van der Waals surface area (Å²) in [5.74, 6) is 0.841. The zero-order valence-electron chi connectivity index (χ0n) is 17.0. The fraction of sp³-hybridized carbons (Fsp3) is 0.250. The molecule has 6 nitrogen and oxygen atoms in total. The van der Waals surface area contributed by atoms with Crippen LogP contribution in [0.1, 0.15) is 22.9 Å². The average molecular weight is 403 g/mol. The quantitative estimate of drug-likeness (QED) is 0.426. The fourth-order valence-electron chi connectivity index (χ4n) is 4.04. The molecule has 0 amide bonds. The number of hydrogen-bond acceptors (Lipinski definition) is 5. The van der Waals surface area contributed by atoms with Gasteiger partial charge in [-0.15, -0.1) is 0 Å². The number of ether oxygens (including phenoxy) is 1. The maximum Gasteiger partial charge on any atom is 0.269 e. The van der Waals surface area contributed by atoms with Crippen LogP contribution in [0.15, 0.2) is 78.9 Å². The minimum Gasteiger partial charge on any atom is -0.497 e. The van der Waals surface area contributed by atoms with Crippen LogP contribution in [0, 0.1) is 10.1 Å². The molecule has 154 valence electrons. The summed E-state index contributed by atoms with van der Waals surface area (Å²) in [5, 5.41) is 10.9. The molecule has 1 aliphatic heterocycles. The summed E-state index contributed by atoms with van der Waals surface area (Å²) in [6.45, 7) is 3.49. The number of benzene rings is 3. The van der Waals surface area contributed by atoms with Crippen molar-refractivity contribution in [2.24, 2.45) is 0 Å². The molecule has 3 aromatic carbocycles. The highest BCUT2D eigenvalue weighted by Gasteiger charge is 2.33. The molecule has 0 aliphatic carbocycles. The molecule has 0 saturated carbocycles. The monoisotopic (exact) mass is 403 g/mol. The molecule has 3 aromatic rings. The predicted molar refractivity (Wildman–Crippen MR) is 116 cm³/mol. The van der Waals surface area contributed by atoms with Crippen molar-refractivity contribution < 1.29 is 9.66 Å². The first-order chi connectivity index (χ1) is 14.6. The Kier molecular flexibility index (Phi) is 6.07. The highest BCUT2D eigenvalue weighted by atomic mass is 16.6. The molecule has 1 unspecified atom stereocenters. The van der Waals surface area contributed by atoms with Gasteiger partial charge in [-0.25, -0.2) is 0 Å². The Hall–Kier alpha value is -3.22. The van der Waals surface area contributed by atoms with Crippen LogP contribution in [-0.4, -0.2) is 34.9 Å².